The molecule has 0 spiro atoms. The van der Waals surface area contributed by atoms with E-state index in [-0.39, 0.29) is 17.2 Å². The number of halogens is 7. The third-order valence-corrected chi connectivity index (χ3v) is 5.18. The van der Waals surface area contributed by atoms with Crippen molar-refractivity contribution >= 4 is 23.4 Å². The van der Waals surface area contributed by atoms with Crippen molar-refractivity contribution in [1.29, 1.82) is 0 Å². The number of aryl methyl sites for hydroxylation is 1. The summed E-state index contributed by atoms with van der Waals surface area (Å²) < 4.78 is 82.3. The fourth-order valence-electron chi connectivity index (χ4n) is 3.31. The van der Waals surface area contributed by atoms with Gasteiger partial charge in [0.15, 0.2) is 11.2 Å². The smallest absolute Gasteiger partial charge is 0.416 e. The maximum Gasteiger partial charge on any atom is 0.416 e. The van der Waals surface area contributed by atoms with Crippen molar-refractivity contribution in [3.8, 4) is 0 Å². The number of Topliss-reactive ketones (excluding diaryl/α,β-unsaturated/α-hetero) is 1. The summed E-state index contributed by atoms with van der Waals surface area (Å²) in [5.41, 5.74) is -7.01. The van der Waals surface area contributed by atoms with Crippen molar-refractivity contribution < 1.29 is 46.0 Å². The van der Waals surface area contributed by atoms with Gasteiger partial charge >= 0.3 is 18.3 Å². The molecule has 13 heteroatoms. The van der Waals surface area contributed by atoms with E-state index in [9.17, 15) is 46.0 Å². The first-order chi connectivity index (χ1) is 15.0. The van der Waals surface area contributed by atoms with Crippen LogP contribution in [0.2, 0.25) is 5.02 Å². The van der Waals surface area contributed by atoms with Crippen LogP contribution in [0.4, 0.5) is 26.3 Å². The van der Waals surface area contributed by atoms with E-state index in [4.69, 9.17) is 16.7 Å². The summed E-state index contributed by atoms with van der Waals surface area (Å²) in [6, 6.07) is 3.81. The van der Waals surface area contributed by atoms with Gasteiger partial charge in [-0.25, -0.2) is 4.79 Å². The van der Waals surface area contributed by atoms with Crippen LogP contribution in [0.1, 0.15) is 43.8 Å². The fraction of sp³-hybridized carbons (Fsp3) is 0.300. The molecule has 1 N–H and O–H groups in total. The molecule has 33 heavy (non-hydrogen) atoms. The van der Waals surface area contributed by atoms with E-state index in [2.05, 4.69) is 0 Å². The Morgan fingerprint density at radius 1 is 1.03 bits per heavy atom. The van der Waals surface area contributed by atoms with E-state index in [0.717, 1.165) is 18.2 Å². The van der Waals surface area contributed by atoms with E-state index in [1.807, 2.05) is 0 Å². The van der Waals surface area contributed by atoms with Gasteiger partial charge in [0.1, 0.15) is 0 Å². The molecule has 0 aromatic heterocycles. The second kappa shape index (κ2) is 9.00. The highest BCUT2D eigenvalue weighted by Crippen LogP contribution is 2.47. The lowest BCUT2D eigenvalue weighted by Gasteiger charge is -2.33. The molecule has 178 valence electrons. The predicted octanol–water partition coefficient (Wildman–Crippen LogP) is 5.72. The van der Waals surface area contributed by atoms with Crippen LogP contribution in [0.5, 0.6) is 0 Å². The number of carbonyl (C=O) groups is 2. The molecule has 0 aliphatic carbocycles. The fourth-order valence-corrected chi connectivity index (χ4v) is 3.54. The Bertz CT molecular complexity index is 1120. The molecular weight excluding hydrogens is 484 g/mol. The number of ketones is 1. The minimum atomic E-state index is -5.53. The summed E-state index contributed by atoms with van der Waals surface area (Å²) in [7, 11) is 0. The number of nitrogens with zero attached hydrogens (tertiary/aromatic N) is 1. The average Bonchev–Trinajstić information content (AvgIpc) is 2.64. The maximum atomic E-state index is 14.2. The first-order valence-electron chi connectivity index (χ1n) is 8.92. The normalized spacial score (nSPS) is 13.9. The number of alkyl halides is 6. The number of hydrogen-bond acceptors (Lipinski definition) is 4. The van der Waals surface area contributed by atoms with Crippen LogP contribution in [0.3, 0.4) is 0 Å². The Hall–Kier alpha value is -3.15. The third-order valence-electron chi connectivity index (χ3n) is 4.96. The number of carbonyl (C=O) groups excluding carboxylic acids is 1. The van der Waals surface area contributed by atoms with Crippen LogP contribution in [-0.2, 0) is 11.6 Å². The molecule has 2 aromatic rings. The van der Waals surface area contributed by atoms with Gasteiger partial charge in [-0.15, -0.1) is 0 Å². The summed E-state index contributed by atoms with van der Waals surface area (Å²) in [6.07, 6.45) is -12.3. The predicted molar refractivity (Wildman–Crippen MR) is 103 cm³/mol. The van der Waals surface area contributed by atoms with Gasteiger partial charge in [-0.05, 0) is 48.4 Å². The van der Waals surface area contributed by atoms with E-state index in [0.29, 0.717) is 12.1 Å². The molecule has 2 rings (SSSR count). The molecular formula is C20H14ClF6NO5. The zero-order chi connectivity index (χ0) is 25.4. The minimum absolute atomic E-state index is 0.0300. The molecule has 0 fully saturated rings. The average molecular weight is 498 g/mol. The second-order valence-corrected chi connectivity index (χ2v) is 7.67. The Balaban J connectivity index is 2.71. The van der Waals surface area contributed by atoms with Gasteiger partial charge in [0.05, 0.1) is 11.1 Å². The van der Waals surface area contributed by atoms with Gasteiger partial charge < -0.3 is 5.11 Å². The topological polar surface area (TPSA) is 97.5 Å². The Kier molecular flexibility index (Phi) is 7.12. The lowest BCUT2D eigenvalue weighted by molar-refractivity contribution is -0.501. The number of carboxylic acid groups (broad SMARTS) is 1. The van der Waals surface area contributed by atoms with Crippen LogP contribution >= 0.6 is 11.6 Å². The highest BCUT2D eigenvalue weighted by atomic mass is 35.5. The molecule has 0 saturated carbocycles. The van der Waals surface area contributed by atoms with Gasteiger partial charge in [-0.1, -0.05) is 17.7 Å². The lowest BCUT2D eigenvalue weighted by Crippen LogP contribution is -2.49. The molecule has 0 heterocycles. The van der Waals surface area contributed by atoms with Gasteiger partial charge in [-0.3, -0.25) is 14.9 Å². The summed E-state index contributed by atoms with van der Waals surface area (Å²) in [5.74, 6) is -2.65. The molecule has 0 aliphatic rings. The highest BCUT2D eigenvalue weighted by molar-refractivity contribution is 6.30. The van der Waals surface area contributed by atoms with Gasteiger partial charge in [0.25, 0.3) is 0 Å². The number of benzene rings is 2. The van der Waals surface area contributed by atoms with Gasteiger partial charge in [0, 0.05) is 21.9 Å². The summed E-state index contributed by atoms with van der Waals surface area (Å²) >= 11 is 5.59. The Morgan fingerprint density at radius 3 is 2.06 bits per heavy atom. The van der Waals surface area contributed by atoms with E-state index >= 15 is 0 Å². The van der Waals surface area contributed by atoms with Crippen molar-refractivity contribution in [3.05, 3.63) is 79.4 Å². The number of carboxylic acids is 1. The molecule has 2 aromatic carbocycles. The standard InChI is InChI=1S/C20H14ClF6NO5/c1-10-4-11(2-3-15(10)17(30)31)16(29)8-18(9-28(32)33,20(25,26)27)12-5-13(19(22,23)24)7-14(21)6-12/h2-7H,8-9H2,1H3,(H,30,31). The van der Waals surface area contributed by atoms with Crippen molar-refractivity contribution in [3.63, 3.8) is 0 Å². The molecule has 0 bridgehead atoms. The van der Waals surface area contributed by atoms with Crippen molar-refractivity contribution in [2.24, 2.45) is 0 Å². The van der Waals surface area contributed by atoms with E-state index < -0.39 is 69.1 Å². The molecule has 0 aliphatic heterocycles. The molecule has 1 unspecified atom stereocenters. The maximum absolute atomic E-state index is 14.2. The van der Waals surface area contributed by atoms with Crippen LogP contribution in [0, 0.1) is 17.0 Å². The van der Waals surface area contributed by atoms with E-state index in [1.165, 1.54) is 6.92 Å². The number of rotatable bonds is 7. The third kappa shape index (κ3) is 5.62. The summed E-state index contributed by atoms with van der Waals surface area (Å²) in [5, 5.41) is 19.4. The van der Waals surface area contributed by atoms with E-state index in [1.54, 1.807) is 0 Å². The molecule has 0 saturated heterocycles. The highest BCUT2D eigenvalue weighted by Gasteiger charge is 2.61. The van der Waals surface area contributed by atoms with Gasteiger partial charge in [-0.2, -0.15) is 26.3 Å². The van der Waals surface area contributed by atoms with Crippen LogP contribution in [0.15, 0.2) is 36.4 Å². The minimum Gasteiger partial charge on any atom is -0.478 e. The summed E-state index contributed by atoms with van der Waals surface area (Å²) in [4.78, 5) is 33.6. The molecule has 6 nitrogen and oxygen atoms in total. The van der Waals surface area contributed by atoms with Crippen LogP contribution in [0.25, 0.3) is 0 Å². The molecule has 0 radical (unpaired) electrons. The van der Waals surface area contributed by atoms with Gasteiger partial charge in [0.2, 0.25) is 6.54 Å². The first-order valence-corrected chi connectivity index (χ1v) is 9.29. The summed E-state index contributed by atoms with van der Waals surface area (Å²) in [6.45, 7) is -0.660. The monoisotopic (exact) mass is 497 g/mol. The second-order valence-electron chi connectivity index (χ2n) is 7.23. The van der Waals surface area contributed by atoms with Crippen LogP contribution in [-0.4, -0.2) is 34.5 Å². The number of aromatic carboxylic acids is 1. The SMILES string of the molecule is Cc1cc(C(=O)CC(C[N+](=O)[O-])(c2cc(Cl)cc(C(F)(F)F)c2)C(F)(F)F)ccc1C(=O)O. The van der Waals surface area contributed by atoms with Crippen LogP contribution < -0.4 is 0 Å². The van der Waals surface area contributed by atoms with Crippen molar-refractivity contribution in [1.82, 2.24) is 0 Å². The lowest BCUT2D eigenvalue weighted by atomic mass is 9.74. The number of hydrogen-bond donors (Lipinski definition) is 1. The molecule has 0 amide bonds. The van der Waals surface area contributed by atoms with Crippen molar-refractivity contribution in [2.45, 2.75) is 31.1 Å². The Morgan fingerprint density at radius 2 is 1.61 bits per heavy atom. The van der Waals surface area contributed by atoms with Crippen molar-refractivity contribution in [2.75, 3.05) is 6.54 Å². The number of nitro groups is 1. The zero-order valence-corrected chi connectivity index (χ0v) is 17.3. The zero-order valence-electron chi connectivity index (χ0n) is 16.6. The Labute approximate surface area is 186 Å². The molecule has 1 atom stereocenters. The largest absolute Gasteiger partial charge is 0.478 e. The first kappa shape index (κ1) is 26.1. The quantitative estimate of drug-likeness (QED) is 0.228.